The van der Waals surface area contributed by atoms with Gasteiger partial charge in [-0.15, -0.1) is 0 Å². The van der Waals surface area contributed by atoms with Crippen molar-refractivity contribution in [1.82, 2.24) is 34.0 Å². The van der Waals surface area contributed by atoms with Crippen molar-refractivity contribution < 1.29 is 4.39 Å². The van der Waals surface area contributed by atoms with E-state index in [1.165, 1.54) is 6.20 Å². The topological polar surface area (TPSA) is 76.2 Å². The largest absolute Gasteiger partial charge is 0.353 e. The minimum absolute atomic E-state index is 0.212. The average molecular weight is 380 g/mol. The van der Waals surface area contributed by atoms with Crippen LogP contribution in [0.4, 0.5) is 10.3 Å². The molecule has 0 atom stereocenters. The summed E-state index contributed by atoms with van der Waals surface area (Å²) in [6, 6.07) is 3.89. The Balaban J connectivity index is 1.67. The molecule has 0 aliphatic rings. The van der Waals surface area contributed by atoms with E-state index >= 15 is 0 Å². The van der Waals surface area contributed by atoms with Crippen LogP contribution in [0.5, 0.6) is 0 Å². The number of likely N-dealkylation sites (N-methyl/N-ethyl adjacent to an activating group) is 1. The lowest BCUT2D eigenvalue weighted by Crippen LogP contribution is -2.21. The van der Waals surface area contributed by atoms with Gasteiger partial charge in [-0.2, -0.15) is 5.10 Å². The average Bonchev–Trinajstić information content (AvgIpc) is 3.28. The van der Waals surface area contributed by atoms with Crippen LogP contribution in [0.15, 0.2) is 43.1 Å². The molecule has 0 fully saturated rings. The molecule has 4 heterocycles. The first-order valence-electron chi connectivity index (χ1n) is 8.89. The highest BCUT2D eigenvalue weighted by molar-refractivity contribution is 5.69. The summed E-state index contributed by atoms with van der Waals surface area (Å²) < 4.78 is 18.0. The van der Waals surface area contributed by atoms with Crippen LogP contribution >= 0.6 is 0 Å². The summed E-state index contributed by atoms with van der Waals surface area (Å²) in [7, 11) is 5.84. The Labute approximate surface area is 161 Å². The Hall–Kier alpha value is -3.33. The molecule has 28 heavy (non-hydrogen) atoms. The predicted molar refractivity (Wildman–Crippen MR) is 105 cm³/mol. The molecule has 0 aliphatic heterocycles. The molecule has 9 heteroatoms. The number of hydrogen-bond acceptors (Lipinski definition) is 6. The van der Waals surface area contributed by atoms with Gasteiger partial charge in [0.25, 0.3) is 0 Å². The molecule has 8 nitrogen and oxygen atoms in total. The number of rotatable bonds is 6. The Bertz CT molecular complexity index is 1110. The Morgan fingerprint density at radius 1 is 1.14 bits per heavy atom. The number of aromatic nitrogens is 6. The highest BCUT2D eigenvalue weighted by Gasteiger charge is 2.15. The summed E-state index contributed by atoms with van der Waals surface area (Å²) in [6.07, 6.45) is 8.40. The number of aryl methyl sites for hydroxylation is 1. The van der Waals surface area contributed by atoms with Crippen molar-refractivity contribution in [1.29, 1.82) is 0 Å². The second-order valence-corrected chi connectivity index (χ2v) is 6.81. The van der Waals surface area contributed by atoms with E-state index in [1.807, 2.05) is 55.0 Å². The fraction of sp³-hybridized carbons (Fsp3) is 0.263. The molecular formula is C19H21FN8. The van der Waals surface area contributed by atoms with Gasteiger partial charge in [0.15, 0.2) is 5.82 Å². The van der Waals surface area contributed by atoms with Crippen LogP contribution < -0.4 is 5.32 Å². The molecule has 4 aromatic rings. The van der Waals surface area contributed by atoms with Crippen LogP contribution in [0.1, 0.15) is 0 Å². The molecule has 144 valence electrons. The third kappa shape index (κ3) is 3.56. The van der Waals surface area contributed by atoms with Gasteiger partial charge >= 0.3 is 0 Å². The van der Waals surface area contributed by atoms with Crippen molar-refractivity contribution in [3.05, 3.63) is 48.9 Å². The van der Waals surface area contributed by atoms with Crippen LogP contribution in [0.3, 0.4) is 0 Å². The first kappa shape index (κ1) is 18.1. The lowest BCUT2D eigenvalue weighted by atomic mass is 10.1. The van der Waals surface area contributed by atoms with E-state index in [4.69, 9.17) is 0 Å². The summed E-state index contributed by atoms with van der Waals surface area (Å²) >= 11 is 0. The van der Waals surface area contributed by atoms with Crippen molar-refractivity contribution in [2.45, 2.75) is 0 Å². The predicted octanol–water partition coefficient (Wildman–Crippen LogP) is 2.30. The van der Waals surface area contributed by atoms with Crippen molar-refractivity contribution >= 4 is 11.6 Å². The molecular weight excluding hydrogens is 359 g/mol. The van der Waals surface area contributed by atoms with E-state index in [2.05, 4.69) is 25.4 Å². The number of nitrogens with one attached hydrogen (secondary N) is 1. The van der Waals surface area contributed by atoms with Crippen molar-refractivity contribution in [2.75, 3.05) is 32.5 Å². The summed E-state index contributed by atoms with van der Waals surface area (Å²) in [5.74, 6) is -0.100. The zero-order valence-electron chi connectivity index (χ0n) is 16.0. The zero-order valence-corrected chi connectivity index (χ0v) is 16.0. The fourth-order valence-electron chi connectivity index (χ4n) is 2.93. The van der Waals surface area contributed by atoms with Crippen LogP contribution in [-0.4, -0.2) is 61.2 Å². The van der Waals surface area contributed by atoms with Crippen molar-refractivity contribution in [3.8, 4) is 22.5 Å². The molecule has 0 saturated carbocycles. The van der Waals surface area contributed by atoms with E-state index in [-0.39, 0.29) is 5.69 Å². The Morgan fingerprint density at radius 2 is 2.00 bits per heavy atom. The van der Waals surface area contributed by atoms with Gasteiger partial charge in [0.2, 0.25) is 5.95 Å². The van der Waals surface area contributed by atoms with Gasteiger partial charge < -0.3 is 10.2 Å². The quantitative estimate of drug-likeness (QED) is 0.553. The molecule has 0 saturated heterocycles. The number of anilines is 1. The summed E-state index contributed by atoms with van der Waals surface area (Å²) in [5, 5.41) is 7.31. The summed E-state index contributed by atoms with van der Waals surface area (Å²) in [5.41, 5.74) is 3.48. The number of imidazole rings is 1. The second kappa shape index (κ2) is 7.35. The molecule has 0 amide bonds. The van der Waals surface area contributed by atoms with E-state index < -0.39 is 5.82 Å². The maximum Gasteiger partial charge on any atom is 0.223 e. The van der Waals surface area contributed by atoms with Crippen molar-refractivity contribution in [2.24, 2.45) is 7.05 Å². The standard InChI is InChI=1S/C19H21FN8/c1-26(2)7-5-21-19-23-10-15(20)18(25-19)16-11-22-17-8-13(4-6-28(16)17)14-9-24-27(3)12-14/h4,6,8-12H,5,7H2,1-3H3,(H,21,23,25). The van der Waals surface area contributed by atoms with E-state index in [0.717, 1.165) is 17.7 Å². The molecule has 0 spiro atoms. The first-order valence-corrected chi connectivity index (χ1v) is 8.89. The van der Waals surface area contributed by atoms with Gasteiger partial charge in [0, 0.05) is 38.1 Å². The second-order valence-electron chi connectivity index (χ2n) is 6.81. The molecule has 0 unspecified atom stereocenters. The first-order chi connectivity index (χ1) is 13.5. The van der Waals surface area contributed by atoms with Crippen molar-refractivity contribution in [3.63, 3.8) is 0 Å². The van der Waals surface area contributed by atoms with Gasteiger partial charge in [-0.3, -0.25) is 9.08 Å². The Kier molecular flexibility index (Phi) is 4.74. The van der Waals surface area contributed by atoms with E-state index in [0.29, 0.717) is 23.8 Å². The number of pyridine rings is 1. The SMILES string of the molecule is CN(C)CCNc1ncc(F)c(-c2cnc3cc(-c4cnn(C)c4)ccn23)n1. The van der Waals surface area contributed by atoms with E-state index in [1.54, 1.807) is 17.1 Å². The van der Waals surface area contributed by atoms with Gasteiger partial charge in [-0.1, -0.05) is 0 Å². The van der Waals surface area contributed by atoms with Crippen LogP contribution in [0.25, 0.3) is 28.2 Å². The normalized spacial score (nSPS) is 11.5. The molecule has 4 aromatic heterocycles. The molecule has 1 N–H and O–H groups in total. The fourth-order valence-corrected chi connectivity index (χ4v) is 2.93. The Morgan fingerprint density at radius 3 is 2.75 bits per heavy atom. The van der Waals surface area contributed by atoms with Gasteiger partial charge in [0.1, 0.15) is 11.3 Å². The lowest BCUT2D eigenvalue weighted by molar-refractivity contribution is 0.425. The molecule has 0 aliphatic carbocycles. The number of hydrogen-bond donors (Lipinski definition) is 1. The lowest BCUT2D eigenvalue weighted by Gasteiger charge is -2.11. The number of halogens is 1. The maximum absolute atomic E-state index is 14.4. The van der Waals surface area contributed by atoms with Gasteiger partial charge in [-0.05, 0) is 31.8 Å². The molecule has 0 radical (unpaired) electrons. The minimum Gasteiger partial charge on any atom is -0.353 e. The molecule has 0 aromatic carbocycles. The smallest absolute Gasteiger partial charge is 0.223 e. The maximum atomic E-state index is 14.4. The van der Waals surface area contributed by atoms with Crippen LogP contribution in [-0.2, 0) is 7.05 Å². The third-order valence-corrected chi connectivity index (χ3v) is 4.38. The van der Waals surface area contributed by atoms with Crippen LogP contribution in [0, 0.1) is 5.82 Å². The van der Waals surface area contributed by atoms with Gasteiger partial charge in [0.05, 0.1) is 24.3 Å². The number of nitrogens with zero attached hydrogens (tertiary/aromatic N) is 7. The monoisotopic (exact) mass is 380 g/mol. The summed E-state index contributed by atoms with van der Waals surface area (Å²) in [6.45, 7) is 1.49. The molecule has 0 bridgehead atoms. The highest BCUT2D eigenvalue weighted by Crippen LogP contribution is 2.25. The number of fused-ring (bicyclic) bond motifs is 1. The van der Waals surface area contributed by atoms with Crippen LogP contribution in [0.2, 0.25) is 0 Å². The minimum atomic E-state index is -0.490. The van der Waals surface area contributed by atoms with Gasteiger partial charge in [-0.25, -0.2) is 19.3 Å². The van der Waals surface area contributed by atoms with E-state index in [9.17, 15) is 4.39 Å². The molecule has 4 rings (SSSR count). The summed E-state index contributed by atoms with van der Waals surface area (Å²) in [4.78, 5) is 14.9. The highest BCUT2D eigenvalue weighted by atomic mass is 19.1. The zero-order chi connectivity index (χ0) is 19.7. The third-order valence-electron chi connectivity index (χ3n) is 4.38.